The van der Waals surface area contributed by atoms with Gasteiger partial charge >= 0.3 is 5.97 Å². The van der Waals surface area contributed by atoms with Crippen LogP contribution in [0.1, 0.15) is 34.5 Å². The second-order valence-corrected chi connectivity index (χ2v) is 7.20. The van der Waals surface area contributed by atoms with Gasteiger partial charge in [0.05, 0.1) is 0 Å². The van der Waals surface area contributed by atoms with E-state index in [2.05, 4.69) is 0 Å². The zero-order chi connectivity index (χ0) is 21.3. The van der Waals surface area contributed by atoms with E-state index < -0.39 is 12.1 Å². The molecule has 0 aliphatic heterocycles. The Morgan fingerprint density at radius 1 is 0.516 bits per heavy atom. The molecule has 0 bridgehead atoms. The van der Waals surface area contributed by atoms with Crippen molar-refractivity contribution >= 4 is 5.97 Å². The highest BCUT2D eigenvalue weighted by atomic mass is 16.6. The number of hydrogen-bond donors (Lipinski definition) is 0. The standard InChI is InChI=1S/C28H24O3/c29-26(31-28(24-17-9-3-10-18-24)25-19-11-4-12-20-25)21-30-27(22-13-5-1-6-14-22)23-15-7-2-8-16-23/h1-20,27-28H,21H2. The van der Waals surface area contributed by atoms with Crippen LogP contribution in [0.4, 0.5) is 0 Å². The largest absolute Gasteiger partial charge is 0.451 e. The van der Waals surface area contributed by atoms with Crippen molar-refractivity contribution in [2.24, 2.45) is 0 Å². The van der Waals surface area contributed by atoms with Gasteiger partial charge in [0.2, 0.25) is 0 Å². The van der Waals surface area contributed by atoms with E-state index in [1.165, 1.54) is 0 Å². The lowest BCUT2D eigenvalue weighted by molar-refractivity contribution is -0.154. The number of esters is 1. The summed E-state index contributed by atoms with van der Waals surface area (Å²) in [6.45, 7) is -0.148. The van der Waals surface area contributed by atoms with E-state index in [-0.39, 0.29) is 12.7 Å². The van der Waals surface area contributed by atoms with Crippen LogP contribution in [-0.2, 0) is 14.3 Å². The molecule has 3 nitrogen and oxygen atoms in total. The summed E-state index contributed by atoms with van der Waals surface area (Å²) in [5.74, 6) is -0.408. The van der Waals surface area contributed by atoms with Crippen molar-refractivity contribution in [1.82, 2.24) is 0 Å². The third kappa shape index (κ3) is 5.47. The monoisotopic (exact) mass is 408 g/mol. The number of carbonyl (C=O) groups excluding carboxylic acids is 1. The minimum absolute atomic E-state index is 0.148. The molecule has 0 saturated carbocycles. The molecule has 3 heteroatoms. The summed E-state index contributed by atoms with van der Waals surface area (Å²) in [5.41, 5.74) is 3.82. The van der Waals surface area contributed by atoms with Gasteiger partial charge in [-0.05, 0) is 22.3 Å². The van der Waals surface area contributed by atoms with Crippen LogP contribution in [0.5, 0.6) is 0 Å². The molecule has 0 spiro atoms. The van der Waals surface area contributed by atoms with Crippen LogP contribution in [0.2, 0.25) is 0 Å². The third-order valence-electron chi connectivity index (χ3n) is 5.03. The summed E-state index contributed by atoms with van der Waals surface area (Å²) >= 11 is 0. The normalized spacial score (nSPS) is 10.9. The average Bonchev–Trinajstić information content (AvgIpc) is 2.85. The second kappa shape index (κ2) is 10.4. The van der Waals surface area contributed by atoms with Crippen LogP contribution < -0.4 is 0 Å². The van der Waals surface area contributed by atoms with Gasteiger partial charge in [-0.1, -0.05) is 121 Å². The van der Waals surface area contributed by atoms with E-state index in [0.717, 1.165) is 22.3 Å². The highest BCUT2D eigenvalue weighted by molar-refractivity contribution is 5.71. The van der Waals surface area contributed by atoms with Gasteiger partial charge in [0.1, 0.15) is 12.7 Å². The summed E-state index contributed by atoms with van der Waals surface area (Å²) in [5, 5.41) is 0. The van der Waals surface area contributed by atoms with Gasteiger partial charge in [0.15, 0.2) is 6.10 Å². The van der Waals surface area contributed by atoms with Gasteiger partial charge in [0, 0.05) is 0 Å². The zero-order valence-electron chi connectivity index (χ0n) is 17.1. The van der Waals surface area contributed by atoms with Crippen molar-refractivity contribution in [2.75, 3.05) is 6.61 Å². The summed E-state index contributed by atoms with van der Waals surface area (Å²) in [6.07, 6.45) is -0.827. The molecule has 0 fully saturated rings. The molecule has 4 rings (SSSR count). The molecule has 0 aliphatic carbocycles. The molecule has 4 aromatic rings. The molecule has 0 aromatic heterocycles. The molecule has 0 N–H and O–H groups in total. The number of carbonyl (C=O) groups is 1. The second-order valence-electron chi connectivity index (χ2n) is 7.20. The zero-order valence-corrected chi connectivity index (χ0v) is 17.1. The van der Waals surface area contributed by atoms with Crippen molar-refractivity contribution in [3.63, 3.8) is 0 Å². The van der Waals surface area contributed by atoms with Gasteiger partial charge < -0.3 is 9.47 Å². The molecule has 0 unspecified atom stereocenters. The van der Waals surface area contributed by atoms with Gasteiger partial charge in [-0.3, -0.25) is 0 Å². The van der Waals surface area contributed by atoms with E-state index in [1.54, 1.807) is 0 Å². The first-order valence-electron chi connectivity index (χ1n) is 10.3. The molecule has 0 saturated heterocycles. The van der Waals surface area contributed by atoms with Crippen LogP contribution in [0, 0.1) is 0 Å². The third-order valence-corrected chi connectivity index (χ3v) is 5.03. The first kappa shape index (κ1) is 20.6. The van der Waals surface area contributed by atoms with Crippen molar-refractivity contribution in [3.05, 3.63) is 144 Å². The smallest absolute Gasteiger partial charge is 0.333 e. The summed E-state index contributed by atoms with van der Waals surface area (Å²) < 4.78 is 12.0. The predicted molar refractivity (Wildman–Crippen MR) is 121 cm³/mol. The van der Waals surface area contributed by atoms with E-state index in [1.807, 2.05) is 121 Å². The summed E-state index contributed by atoms with van der Waals surface area (Å²) in [6, 6.07) is 39.3. The summed E-state index contributed by atoms with van der Waals surface area (Å²) in [4.78, 5) is 12.8. The Morgan fingerprint density at radius 3 is 1.19 bits per heavy atom. The fourth-order valence-corrected chi connectivity index (χ4v) is 3.54. The van der Waals surface area contributed by atoms with Crippen molar-refractivity contribution < 1.29 is 14.3 Å². The fourth-order valence-electron chi connectivity index (χ4n) is 3.54. The molecule has 0 heterocycles. The Labute approximate surface area is 182 Å². The van der Waals surface area contributed by atoms with Gasteiger partial charge in [-0.15, -0.1) is 0 Å². The Morgan fingerprint density at radius 2 is 0.839 bits per heavy atom. The number of hydrogen-bond acceptors (Lipinski definition) is 3. The molecule has 31 heavy (non-hydrogen) atoms. The maximum absolute atomic E-state index is 12.8. The van der Waals surface area contributed by atoms with Gasteiger partial charge in [-0.2, -0.15) is 0 Å². The van der Waals surface area contributed by atoms with E-state index >= 15 is 0 Å². The number of benzene rings is 4. The Hall–Kier alpha value is -3.69. The minimum atomic E-state index is -0.481. The highest BCUT2D eigenvalue weighted by Gasteiger charge is 2.21. The maximum Gasteiger partial charge on any atom is 0.333 e. The van der Waals surface area contributed by atoms with Crippen molar-refractivity contribution in [1.29, 1.82) is 0 Å². The van der Waals surface area contributed by atoms with Crippen LogP contribution in [0.25, 0.3) is 0 Å². The molecular weight excluding hydrogens is 384 g/mol. The van der Waals surface area contributed by atoms with Crippen molar-refractivity contribution in [3.8, 4) is 0 Å². The lowest BCUT2D eigenvalue weighted by Crippen LogP contribution is -2.19. The fraction of sp³-hybridized carbons (Fsp3) is 0.107. The molecule has 0 radical (unpaired) electrons. The number of rotatable bonds is 8. The maximum atomic E-state index is 12.8. The first-order valence-corrected chi connectivity index (χ1v) is 10.3. The Kier molecular flexibility index (Phi) is 6.89. The molecule has 0 atom stereocenters. The number of ether oxygens (including phenoxy) is 2. The SMILES string of the molecule is O=C(COC(c1ccccc1)c1ccccc1)OC(c1ccccc1)c1ccccc1. The van der Waals surface area contributed by atoms with Crippen LogP contribution >= 0.6 is 0 Å². The van der Waals surface area contributed by atoms with Crippen LogP contribution in [0.15, 0.2) is 121 Å². The predicted octanol–water partition coefficient (Wildman–Crippen LogP) is 6.13. The molecule has 0 amide bonds. The highest BCUT2D eigenvalue weighted by Crippen LogP contribution is 2.28. The van der Waals surface area contributed by atoms with E-state index in [4.69, 9.17) is 9.47 Å². The van der Waals surface area contributed by atoms with Crippen molar-refractivity contribution in [2.45, 2.75) is 12.2 Å². The van der Waals surface area contributed by atoms with E-state index in [9.17, 15) is 4.79 Å². The molecular formula is C28H24O3. The van der Waals surface area contributed by atoms with Gasteiger partial charge in [0.25, 0.3) is 0 Å². The lowest BCUT2D eigenvalue weighted by atomic mass is 10.0. The quantitative estimate of drug-likeness (QED) is 0.329. The molecule has 0 aliphatic rings. The first-order chi connectivity index (χ1) is 15.3. The van der Waals surface area contributed by atoms with Crippen LogP contribution in [0.3, 0.4) is 0 Å². The Balaban J connectivity index is 1.50. The lowest BCUT2D eigenvalue weighted by Gasteiger charge is -2.21. The van der Waals surface area contributed by atoms with E-state index in [0.29, 0.717) is 0 Å². The minimum Gasteiger partial charge on any atom is -0.451 e. The molecule has 154 valence electrons. The Bertz CT molecular complexity index is 985. The van der Waals surface area contributed by atoms with Crippen LogP contribution in [-0.4, -0.2) is 12.6 Å². The topological polar surface area (TPSA) is 35.5 Å². The summed E-state index contributed by atoms with van der Waals surface area (Å²) in [7, 11) is 0. The van der Waals surface area contributed by atoms with Gasteiger partial charge in [-0.25, -0.2) is 4.79 Å². The average molecular weight is 408 g/mol. The molecule has 4 aromatic carbocycles.